The highest BCUT2D eigenvalue weighted by Gasteiger charge is 2.27. The van der Waals surface area contributed by atoms with E-state index in [1.54, 1.807) is 0 Å². The quantitative estimate of drug-likeness (QED) is 0.141. The maximum Gasteiger partial charge on any atom is 0.0547 e. The average Bonchev–Trinajstić information content (AvgIpc) is 3.35. The van der Waals surface area contributed by atoms with Gasteiger partial charge in [-0.1, -0.05) is 181 Å². The number of nitrogens with zero attached hydrogens (tertiary/aromatic N) is 2. The molecule has 2 nitrogen and oxygen atoms in total. The van der Waals surface area contributed by atoms with Crippen LogP contribution < -0.4 is 9.80 Å². The van der Waals surface area contributed by atoms with Gasteiger partial charge in [0.15, 0.2) is 0 Å². The van der Waals surface area contributed by atoms with Crippen molar-refractivity contribution in [2.24, 2.45) is 0 Å². The summed E-state index contributed by atoms with van der Waals surface area (Å²) in [5, 5.41) is 9.86. The van der Waals surface area contributed by atoms with Crippen LogP contribution in [-0.4, -0.2) is 0 Å². The first-order valence-electron chi connectivity index (χ1n) is 22.5. The van der Waals surface area contributed by atoms with Gasteiger partial charge in [0.25, 0.3) is 0 Å². The maximum atomic E-state index is 2.52. The molecular formula is C62H46N2. The number of hydrogen-bond acceptors (Lipinski definition) is 2. The monoisotopic (exact) mass is 818 g/mol. The molecule has 0 fully saturated rings. The average molecular weight is 819 g/mol. The van der Waals surface area contributed by atoms with E-state index >= 15 is 0 Å². The van der Waals surface area contributed by atoms with Gasteiger partial charge in [0.2, 0.25) is 0 Å². The summed E-state index contributed by atoms with van der Waals surface area (Å²) < 4.78 is 0. The van der Waals surface area contributed by atoms with Crippen molar-refractivity contribution in [1.82, 2.24) is 0 Å². The first kappa shape index (κ1) is 37.8. The van der Waals surface area contributed by atoms with Crippen molar-refractivity contribution >= 4 is 83.3 Å². The first-order chi connectivity index (χ1) is 31.6. The van der Waals surface area contributed by atoms with E-state index in [-0.39, 0.29) is 0 Å². The molecule has 11 aromatic rings. The van der Waals surface area contributed by atoms with E-state index in [1.807, 2.05) is 0 Å². The van der Waals surface area contributed by atoms with Gasteiger partial charge in [-0.15, -0.1) is 0 Å². The highest BCUT2D eigenvalue weighted by Crippen LogP contribution is 2.53. The lowest BCUT2D eigenvalue weighted by Crippen LogP contribution is -2.14. The second-order valence-corrected chi connectivity index (χ2v) is 17.3. The molecule has 64 heavy (non-hydrogen) atoms. The van der Waals surface area contributed by atoms with E-state index in [0.29, 0.717) is 0 Å². The van der Waals surface area contributed by atoms with Crippen LogP contribution in [0, 0.1) is 13.8 Å². The first-order valence-corrected chi connectivity index (χ1v) is 22.5. The van der Waals surface area contributed by atoms with Gasteiger partial charge in [0.1, 0.15) is 0 Å². The molecule has 0 saturated heterocycles. The van der Waals surface area contributed by atoms with Crippen LogP contribution in [0.15, 0.2) is 212 Å². The Labute approximate surface area is 374 Å². The fourth-order valence-electron chi connectivity index (χ4n) is 10.3. The molecule has 11 aromatic carbocycles. The van der Waals surface area contributed by atoms with Crippen molar-refractivity contribution in [3.8, 4) is 22.3 Å². The number of aryl methyl sites for hydroxylation is 3. The number of rotatable bonds is 8. The third-order valence-electron chi connectivity index (χ3n) is 13.4. The molecule has 0 aliphatic heterocycles. The largest absolute Gasteiger partial charge is 0.309 e. The lowest BCUT2D eigenvalue weighted by atomic mass is 9.85. The predicted octanol–water partition coefficient (Wildman–Crippen LogP) is 17.6. The highest BCUT2D eigenvalue weighted by molar-refractivity contribution is 6.32. The van der Waals surface area contributed by atoms with Crippen molar-refractivity contribution in [3.05, 3.63) is 235 Å². The van der Waals surface area contributed by atoms with Crippen LogP contribution in [0.4, 0.5) is 34.1 Å². The molecule has 0 aromatic heterocycles. The minimum Gasteiger partial charge on any atom is -0.309 e. The second-order valence-electron chi connectivity index (χ2n) is 17.3. The number of para-hydroxylation sites is 2. The van der Waals surface area contributed by atoms with Crippen LogP contribution in [0.25, 0.3) is 71.4 Å². The number of anilines is 6. The number of benzene rings is 11. The number of fused-ring (bicyclic) bond motifs is 2. The van der Waals surface area contributed by atoms with E-state index in [1.165, 1.54) is 93.3 Å². The summed E-state index contributed by atoms with van der Waals surface area (Å²) in [6.07, 6.45) is 6.77. The van der Waals surface area contributed by atoms with Gasteiger partial charge in [-0.25, -0.2) is 0 Å². The van der Waals surface area contributed by atoms with Crippen LogP contribution in [0.5, 0.6) is 0 Å². The molecule has 0 spiro atoms. The molecule has 0 bridgehead atoms. The SMILES string of the molecule is Cc1ccc(-c2cc(N(c3ccccc3)c3cccc4c3C=CCC4)c3ccc4c(-c5ccc(C)cc5)cc(N(c5ccccc5)c5cccc6ccccc56)c5ccc2c3c45)cc1. The third kappa shape index (κ3) is 6.25. The van der Waals surface area contributed by atoms with Crippen molar-refractivity contribution in [2.45, 2.75) is 26.7 Å². The fourth-order valence-corrected chi connectivity index (χ4v) is 10.3. The Bertz CT molecular complexity index is 3540. The molecule has 1 aliphatic rings. The molecule has 0 saturated carbocycles. The van der Waals surface area contributed by atoms with Gasteiger partial charge in [-0.2, -0.15) is 0 Å². The van der Waals surface area contributed by atoms with E-state index in [4.69, 9.17) is 0 Å². The van der Waals surface area contributed by atoms with Gasteiger partial charge in [0.05, 0.1) is 22.7 Å². The molecule has 0 N–H and O–H groups in total. The molecule has 0 atom stereocenters. The minimum atomic E-state index is 1.04. The van der Waals surface area contributed by atoms with Gasteiger partial charge in [-0.3, -0.25) is 0 Å². The summed E-state index contributed by atoms with van der Waals surface area (Å²) in [4.78, 5) is 5.01. The third-order valence-corrected chi connectivity index (χ3v) is 13.4. The van der Waals surface area contributed by atoms with Gasteiger partial charge in [-0.05, 0) is 119 Å². The Balaban J connectivity index is 1.26. The van der Waals surface area contributed by atoms with Crippen molar-refractivity contribution < 1.29 is 0 Å². The summed E-state index contributed by atoms with van der Waals surface area (Å²) in [6, 6.07) is 76.8. The number of hydrogen-bond donors (Lipinski definition) is 0. The highest BCUT2D eigenvalue weighted by atomic mass is 15.2. The zero-order valence-corrected chi connectivity index (χ0v) is 36.1. The lowest BCUT2D eigenvalue weighted by Gasteiger charge is -2.32. The summed E-state index contributed by atoms with van der Waals surface area (Å²) in [6.45, 7) is 4.34. The van der Waals surface area contributed by atoms with Gasteiger partial charge < -0.3 is 9.80 Å². The number of allylic oxidation sites excluding steroid dienone is 1. The molecule has 0 unspecified atom stereocenters. The Morgan fingerprint density at radius 1 is 0.375 bits per heavy atom. The van der Waals surface area contributed by atoms with Crippen molar-refractivity contribution in [2.75, 3.05) is 9.80 Å². The summed E-state index contributed by atoms with van der Waals surface area (Å²) >= 11 is 0. The normalized spacial score (nSPS) is 12.3. The zero-order chi connectivity index (χ0) is 42.7. The predicted molar refractivity (Wildman–Crippen MR) is 275 cm³/mol. The van der Waals surface area contributed by atoms with E-state index in [0.717, 1.165) is 41.3 Å². The summed E-state index contributed by atoms with van der Waals surface area (Å²) in [5.41, 5.74) is 16.9. The van der Waals surface area contributed by atoms with Crippen LogP contribution >= 0.6 is 0 Å². The van der Waals surface area contributed by atoms with Crippen molar-refractivity contribution in [1.29, 1.82) is 0 Å². The topological polar surface area (TPSA) is 6.48 Å². The Morgan fingerprint density at radius 3 is 1.45 bits per heavy atom. The van der Waals surface area contributed by atoms with Crippen molar-refractivity contribution in [3.63, 3.8) is 0 Å². The van der Waals surface area contributed by atoms with E-state index in [9.17, 15) is 0 Å². The molecule has 304 valence electrons. The van der Waals surface area contributed by atoms with E-state index in [2.05, 4.69) is 242 Å². The molecule has 0 heterocycles. The Kier molecular flexibility index (Phi) is 9.12. The molecular weight excluding hydrogens is 773 g/mol. The molecule has 2 heteroatoms. The summed E-state index contributed by atoms with van der Waals surface area (Å²) in [7, 11) is 0. The van der Waals surface area contributed by atoms with Crippen LogP contribution in [0.1, 0.15) is 28.7 Å². The Hall–Kier alpha value is -7.94. The van der Waals surface area contributed by atoms with E-state index < -0.39 is 0 Å². The van der Waals surface area contributed by atoms with Crippen LogP contribution in [0.2, 0.25) is 0 Å². The fraction of sp³-hybridized carbons (Fsp3) is 0.0645. The smallest absolute Gasteiger partial charge is 0.0547 e. The molecule has 12 rings (SSSR count). The molecule has 0 radical (unpaired) electrons. The van der Waals surface area contributed by atoms with Crippen LogP contribution in [-0.2, 0) is 6.42 Å². The second kappa shape index (κ2) is 15.4. The molecule has 0 amide bonds. The molecule has 1 aliphatic carbocycles. The standard InChI is InChI=1S/C62H46N2/c1-41-27-31-45(32-28-41)55-39-59(63(47-19-5-3-6-20-47)57-25-13-17-43-15-9-11-23-49(43)57)53-38-36-52-56(46-33-29-42(2)30-34-46)40-60(54-37-35-51(55)61(53)62(52)54)64(48-21-7-4-8-22-48)58-26-14-18-44-16-10-12-24-50(44)58/h3-9,11-15,17-40H,10,16H2,1-2H3. The van der Waals surface area contributed by atoms with Gasteiger partial charge >= 0.3 is 0 Å². The maximum absolute atomic E-state index is 2.52. The lowest BCUT2D eigenvalue weighted by molar-refractivity contribution is 0.984. The summed E-state index contributed by atoms with van der Waals surface area (Å²) in [5.74, 6) is 0. The zero-order valence-electron chi connectivity index (χ0n) is 36.1. The van der Waals surface area contributed by atoms with Gasteiger partial charge in [0, 0.05) is 43.9 Å². The van der Waals surface area contributed by atoms with Crippen LogP contribution in [0.3, 0.4) is 0 Å². The minimum absolute atomic E-state index is 1.04. The Morgan fingerprint density at radius 2 is 0.859 bits per heavy atom.